The van der Waals surface area contributed by atoms with Crippen molar-refractivity contribution in [3.05, 3.63) is 70.7 Å². The fraction of sp³-hybridized carbons (Fsp3) is 0.235. The van der Waals surface area contributed by atoms with E-state index in [9.17, 15) is 15.0 Å². The predicted octanol–water partition coefficient (Wildman–Crippen LogP) is 3.94. The second-order valence-corrected chi connectivity index (χ2v) is 5.51. The van der Waals surface area contributed by atoms with Crippen LogP contribution in [-0.2, 0) is 6.54 Å². The van der Waals surface area contributed by atoms with Crippen LogP contribution < -0.4 is 0 Å². The third-order valence-electron chi connectivity index (χ3n) is 3.46. The number of nitrogens with zero attached hydrogens (tertiary/aromatic N) is 1. The van der Waals surface area contributed by atoms with Crippen molar-refractivity contribution in [2.75, 3.05) is 0 Å². The first-order valence-corrected chi connectivity index (χ1v) is 7.34. The Morgan fingerprint density at radius 1 is 1.14 bits per heavy atom. The Labute approximate surface area is 134 Å². The molecule has 2 aromatic carbocycles. The molecule has 0 aliphatic rings. The van der Waals surface area contributed by atoms with Gasteiger partial charge in [0.2, 0.25) is 0 Å². The van der Waals surface area contributed by atoms with Gasteiger partial charge in [0.1, 0.15) is 0 Å². The van der Waals surface area contributed by atoms with Crippen LogP contribution in [0.15, 0.2) is 54.6 Å². The van der Waals surface area contributed by atoms with Gasteiger partial charge in [0.15, 0.2) is 0 Å². The second-order valence-electron chi connectivity index (χ2n) is 5.10. The number of amides is 1. The van der Waals surface area contributed by atoms with Gasteiger partial charge in [0.25, 0.3) is 0 Å². The minimum Gasteiger partial charge on any atom is -0.465 e. The molecule has 2 N–H and O–H groups in total. The molecule has 0 aromatic heterocycles. The molecule has 116 valence electrons. The number of carboxylic acid groups (broad SMARTS) is 1. The quantitative estimate of drug-likeness (QED) is 0.877. The summed E-state index contributed by atoms with van der Waals surface area (Å²) >= 11 is 6.18. The molecular weight excluding hydrogens is 302 g/mol. The smallest absolute Gasteiger partial charge is 0.408 e. The van der Waals surface area contributed by atoms with Crippen LogP contribution in [0.5, 0.6) is 0 Å². The molecule has 5 heteroatoms. The minimum absolute atomic E-state index is 0.178. The van der Waals surface area contributed by atoms with Crippen molar-refractivity contribution in [2.24, 2.45) is 0 Å². The van der Waals surface area contributed by atoms with E-state index in [0.29, 0.717) is 10.6 Å². The Morgan fingerprint density at radius 2 is 1.73 bits per heavy atom. The zero-order chi connectivity index (χ0) is 16.1. The Kier molecular flexibility index (Phi) is 5.41. The van der Waals surface area contributed by atoms with E-state index in [-0.39, 0.29) is 6.54 Å². The molecule has 0 heterocycles. The van der Waals surface area contributed by atoms with Crippen molar-refractivity contribution in [1.29, 1.82) is 0 Å². The van der Waals surface area contributed by atoms with Crippen LogP contribution in [0.1, 0.15) is 24.1 Å². The summed E-state index contributed by atoms with van der Waals surface area (Å²) in [5.74, 6) is 0. The highest BCUT2D eigenvalue weighted by Gasteiger charge is 2.30. The number of carbonyl (C=O) groups is 1. The Morgan fingerprint density at radius 3 is 2.27 bits per heavy atom. The number of halogens is 1. The van der Waals surface area contributed by atoms with Gasteiger partial charge in [-0.15, -0.1) is 0 Å². The monoisotopic (exact) mass is 319 g/mol. The van der Waals surface area contributed by atoms with E-state index >= 15 is 0 Å². The first-order valence-electron chi connectivity index (χ1n) is 6.96. The lowest BCUT2D eigenvalue weighted by Crippen LogP contribution is -2.38. The van der Waals surface area contributed by atoms with Gasteiger partial charge in [0.05, 0.1) is 12.1 Å². The molecule has 4 nitrogen and oxygen atoms in total. The minimum atomic E-state index is -1.10. The van der Waals surface area contributed by atoms with E-state index in [1.165, 1.54) is 4.90 Å². The highest BCUT2D eigenvalue weighted by molar-refractivity contribution is 6.31. The number of hydrogen-bond donors (Lipinski definition) is 2. The number of rotatable bonds is 5. The molecule has 1 amide bonds. The lowest BCUT2D eigenvalue weighted by Gasteiger charge is -2.32. The highest BCUT2D eigenvalue weighted by atomic mass is 35.5. The zero-order valence-corrected chi connectivity index (χ0v) is 12.9. The molecule has 0 bridgehead atoms. The molecule has 0 unspecified atom stereocenters. The molecule has 0 fully saturated rings. The van der Waals surface area contributed by atoms with Gasteiger partial charge >= 0.3 is 6.09 Å². The van der Waals surface area contributed by atoms with Crippen molar-refractivity contribution in [3.8, 4) is 0 Å². The molecule has 0 aliphatic heterocycles. The molecule has 2 aromatic rings. The van der Waals surface area contributed by atoms with Gasteiger partial charge in [0, 0.05) is 11.6 Å². The van der Waals surface area contributed by atoms with Crippen LogP contribution in [0.2, 0.25) is 5.02 Å². The van der Waals surface area contributed by atoms with E-state index in [1.807, 2.05) is 30.3 Å². The van der Waals surface area contributed by atoms with Crippen LogP contribution >= 0.6 is 11.6 Å². The summed E-state index contributed by atoms with van der Waals surface area (Å²) in [5, 5.41) is 20.1. The molecule has 2 atom stereocenters. The van der Waals surface area contributed by atoms with Crippen molar-refractivity contribution in [3.63, 3.8) is 0 Å². The molecular formula is C17H18ClNO3. The predicted molar refractivity (Wildman–Crippen MR) is 85.9 cm³/mol. The number of aliphatic hydroxyl groups excluding tert-OH is 1. The van der Waals surface area contributed by atoms with Crippen molar-refractivity contribution >= 4 is 17.7 Å². The molecule has 2 rings (SSSR count). The van der Waals surface area contributed by atoms with Gasteiger partial charge < -0.3 is 10.2 Å². The first kappa shape index (κ1) is 16.3. The van der Waals surface area contributed by atoms with Gasteiger partial charge in [-0.25, -0.2) is 4.79 Å². The molecule has 0 aliphatic carbocycles. The van der Waals surface area contributed by atoms with Gasteiger partial charge in [-0.2, -0.15) is 0 Å². The highest BCUT2D eigenvalue weighted by Crippen LogP contribution is 2.31. The summed E-state index contributed by atoms with van der Waals surface area (Å²) in [4.78, 5) is 12.9. The van der Waals surface area contributed by atoms with Gasteiger partial charge in [-0.1, -0.05) is 60.1 Å². The van der Waals surface area contributed by atoms with E-state index in [2.05, 4.69) is 0 Å². The van der Waals surface area contributed by atoms with E-state index in [1.54, 1.807) is 31.2 Å². The molecule has 22 heavy (non-hydrogen) atoms. The van der Waals surface area contributed by atoms with Crippen molar-refractivity contribution in [1.82, 2.24) is 4.90 Å². The summed E-state index contributed by atoms with van der Waals surface area (Å²) in [5.41, 5.74) is 1.44. The van der Waals surface area contributed by atoms with Crippen LogP contribution in [0.25, 0.3) is 0 Å². The summed E-state index contributed by atoms with van der Waals surface area (Å²) in [6.07, 6.45) is -1.99. The molecule has 0 saturated heterocycles. The maximum atomic E-state index is 11.7. The number of hydrogen-bond acceptors (Lipinski definition) is 2. The average Bonchev–Trinajstić information content (AvgIpc) is 2.49. The first-order chi connectivity index (χ1) is 10.5. The second kappa shape index (κ2) is 7.29. The fourth-order valence-corrected chi connectivity index (χ4v) is 2.72. The Hall–Kier alpha value is -2.04. The van der Waals surface area contributed by atoms with Gasteiger partial charge in [-0.3, -0.25) is 4.90 Å². The SMILES string of the molecule is C[C@@H](O)[C@@H](c1ccccc1Cl)N(Cc1ccccc1)C(=O)O. The van der Waals surface area contributed by atoms with Gasteiger partial charge in [-0.05, 0) is 24.1 Å². The molecule has 0 radical (unpaired) electrons. The lowest BCUT2D eigenvalue weighted by molar-refractivity contribution is 0.0529. The maximum absolute atomic E-state index is 11.7. The number of aliphatic hydroxyl groups is 1. The van der Waals surface area contributed by atoms with E-state index in [4.69, 9.17) is 11.6 Å². The Balaban J connectivity index is 2.39. The summed E-state index contributed by atoms with van der Waals surface area (Å²) in [6, 6.07) is 15.5. The zero-order valence-electron chi connectivity index (χ0n) is 12.2. The standard InChI is InChI=1S/C17H18ClNO3/c1-12(20)16(14-9-5-6-10-15(14)18)19(17(21)22)11-13-7-3-2-4-8-13/h2-10,12,16,20H,11H2,1H3,(H,21,22)/t12-,16+/m1/s1. The Bertz CT molecular complexity index is 631. The molecule has 0 spiro atoms. The molecule has 0 saturated carbocycles. The maximum Gasteiger partial charge on any atom is 0.408 e. The van der Waals surface area contributed by atoms with Crippen LogP contribution in [-0.4, -0.2) is 27.3 Å². The van der Waals surface area contributed by atoms with Crippen LogP contribution in [0.4, 0.5) is 4.79 Å². The average molecular weight is 320 g/mol. The van der Waals surface area contributed by atoms with Crippen molar-refractivity contribution < 1.29 is 15.0 Å². The summed E-state index contributed by atoms with van der Waals surface area (Å²) in [6.45, 7) is 1.74. The third-order valence-corrected chi connectivity index (χ3v) is 3.80. The topological polar surface area (TPSA) is 60.8 Å². The van der Waals surface area contributed by atoms with E-state index < -0.39 is 18.2 Å². The van der Waals surface area contributed by atoms with E-state index in [0.717, 1.165) is 5.56 Å². The number of benzene rings is 2. The summed E-state index contributed by atoms with van der Waals surface area (Å²) < 4.78 is 0. The normalized spacial score (nSPS) is 13.4. The fourth-order valence-electron chi connectivity index (χ4n) is 2.47. The van der Waals surface area contributed by atoms with Crippen LogP contribution in [0.3, 0.4) is 0 Å². The van der Waals surface area contributed by atoms with Crippen LogP contribution in [0, 0.1) is 0 Å². The summed E-state index contributed by atoms with van der Waals surface area (Å²) in [7, 11) is 0. The lowest BCUT2D eigenvalue weighted by atomic mass is 10.00. The third kappa shape index (κ3) is 3.78. The van der Waals surface area contributed by atoms with Crippen molar-refractivity contribution in [2.45, 2.75) is 25.6 Å². The largest absolute Gasteiger partial charge is 0.465 e.